The molecule has 1 heterocycles. The molecule has 0 aliphatic heterocycles. The third kappa shape index (κ3) is 1.82. The fourth-order valence-electron chi connectivity index (χ4n) is 0.833. The van der Waals surface area contributed by atoms with Crippen LogP contribution in [0.25, 0.3) is 0 Å². The molecule has 0 aliphatic rings. The molecule has 5 nitrogen and oxygen atoms in total. The van der Waals surface area contributed by atoms with E-state index in [4.69, 9.17) is 5.11 Å². The van der Waals surface area contributed by atoms with Crippen LogP contribution in [-0.4, -0.2) is 28.5 Å². The summed E-state index contributed by atoms with van der Waals surface area (Å²) in [6, 6.07) is 1.43. The number of hydrogen-bond donors (Lipinski definition) is 2. The Morgan fingerprint density at radius 3 is 3.00 bits per heavy atom. The van der Waals surface area contributed by atoms with Gasteiger partial charge in [-0.3, -0.25) is 4.79 Å². The summed E-state index contributed by atoms with van der Waals surface area (Å²) in [5, 5.41) is 15.2. The Labute approximate surface area is 69.6 Å². The Kier molecular flexibility index (Phi) is 2.82. The fraction of sp³-hybridized carbons (Fsp3) is 0.429. The maximum Gasteiger partial charge on any atom is 0.268 e. The molecule has 0 aliphatic carbocycles. The molecule has 0 bridgehead atoms. The van der Waals surface area contributed by atoms with Gasteiger partial charge in [0.15, 0.2) is 0 Å². The molecule has 0 unspecified atom stereocenters. The van der Waals surface area contributed by atoms with Gasteiger partial charge in [-0.2, -0.15) is 5.10 Å². The highest BCUT2D eigenvalue weighted by Gasteiger charge is 1.96. The van der Waals surface area contributed by atoms with E-state index in [0.717, 1.165) is 0 Å². The standard InChI is InChI=1S/C7H11N3O2/c1-8-6-4-7(12)10(2-3-11)9-5-6/h4-5,8,11H,2-3H2,1H3. The number of aromatic nitrogens is 2. The minimum atomic E-state index is -0.212. The predicted octanol–water partition coefficient (Wildman–Crippen LogP) is -0.723. The van der Waals surface area contributed by atoms with E-state index in [2.05, 4.69) is 10.4 Å². The Morgan fingerprint density at radius 1 is 1.75 bits per heavy atom. The van der Waals surface area contributed by atoms with Crippen LogP contribution >= 0.6 is 0 Å². The second-order valence-corrected chi connectivity index (χ2v) is 2.28. The van der Waals surface area contributed by atoms with Crippen LogP contribution in [0.4, 0.5) is 5.69 Å². The van der Waals surface area contributed by atoms with E-state index in [0.29, 0.717) is 5.69 Å². The van der Waals surface area contributed by atoms with Gasteiger partial charge in [0.2, 0.25) is 0 Å². The lowest BCUT2D eigenvalue weighted by molar-refractivity contribution is 0.266. The minimum absolute atomic E-state index is 0.0776. The first-order valence-corrected chi connectivity index (χ1v) is 3.63. The lowest BCUT2D eigenvalue weighted by atomic mass is 10.5. The van der Waals surface area contributed by atoms with Crippen molar-refractivity contribution in [1.82, 2.24) is 9.78 Å². The van der Waals surface area contributed by atoms with Crippen molar-refractivity contribution >= 4 is 5.69 Å². The van der Waals surface area contributed by atoms with Gasteiger partial charge in [-0.15, -0.1) is 0 Å². The second-order valence-electron chi connectivity index (χ2n) is 2.28. The van der Waals surface area contributed by atoms with Gasteiger partial charge < -0.3 is 10.4 Å². The summed E-state index contributed by atoms with van der Waals surface area (Å²) in [4.78, 5) is 11.1. The van der Waals surface area contributed by atoms with Crippen LogP contribution in [0.1, 0.15) is 0 Å². The number of hydrogen-bond acceptors (Lipinski definition) is 4. The Bertz CT molecular complexity index is 308. The molecule has 0 fully saturated rings. The number of nitrogens with zero attached hydrogens (tertiary/aromatic N) is 2. The summed E-state index contributed by atoms with van der Waals surface area (Å²) >= 11 is 0. The summed E-state index contributed by atoms with van der Waals surface area (Å²) in [6.07, 6.45) is 1.54. The average molecular weight is 169 g/mol. The van der Waals surface area contributed by atoms with Gasteiger partial charge >= 0.3 is 0 Å². The normalized spacial score (nSPS) is 9.83. The molecule has 1 aromatic rings. The zero-order chi connectivity index (χ0) is 8.97. The van der Waals surface area contributed by atoms with Gasteiger partial charge in [0.05, 0.1) is 25.0 Å². The molecule has 0 radical (unpaired) electrons. The van der Waals surface area contributed by atoms with Crippen molar-refractivity contribution in [2.75, 3.05) is 19.0 Å². The molecule has 0 saturated heterocycles. The summed E-state index contributed by atoms with van der Waals surface area (Å²) < 4.78 is 1.21. The fourth-order valence-corrected chi connectivity index (χ4v) is 0.833. The van der Waals surface area contributed by atoms with Crippen LogP contribution in [0.15, 0.2) is 17.1 Å². The quantitative estimate of drug-likeness (QED) is 0.626. The molecule has 0 atom stereocenters. The topological polar surface area (TPSA) is 67.2 Å². The van der Waals surface area contributed by atoms with Crippen molar-refractivity contribution in [2.45, 2.75) is 6.54 Å². The molecule has 0 saturated carbocycles. The molecule has 0 amide bonds. The smallest absolute Gasteiger partial charge is 0.268 e. The van der Waals surface area contributed by atoms with Crippen LogP contribution in [0, 0.1) is 0 Å². The van der Waals surface area contributed by atoms with E-state index < -0.39 is 0 Å². The lowest BCUT2D eigenvalue weighted by Crippen LogP contribution is -2.23. The third-order valence-electron chi connectivity index (χ3n) is 1.47. The highest BCUT2D eigenvalue weighted by molar-refractivity contribution is 5.37. The first-order valence-electron chi connectivity index (χ1n) is 3.63. The van der Waals surface area contributed by atoms with E-state index in [9.17, 15) is 4.79 Å². The van der Waals surface area contributed by atoms with Gasteiger partial charge in [-0.25, -0.2) is 4.68 Å². The number of anilines is 1. The molecule has 0 aromatic carbocycles. The average Bonchev–Trinajstić information content (AvgIpc) is 2.09. The van der Waals surface area contributed by atoms with Crippen LogP contribution in [-0.2, 0) is 6.54 Å². The van der Waals surface area contributed by atoms with Gasteiger partial charge in [-0.1, -0.05) is 0 Å². The molecule has 66 valence electrons. The monoisotopic (exact) mass is 169 g/mol. The van der Waals surface area contributed by atoms with E-state index in [1.807, 2.05) is 0 Å². The molecular weight excluding hydrogens is 158 g/mol. The Hall–Kier alpha value is -1.36. The zero-order valence-corrected chi connectivity index (χ0v) is 6.82. The van der Waals surface area contributed by atoms with Crippen molar-refractivity contribution in [2.24, 2.45) is 0 Å². The zero-order valence-electron chi connectivity index (χ0n) is 6.82. The Morgan fingerprint density at radius 2 is 2.50 bits per heavy atom. The van der Waals surface area contributed by atoms with Crippen molar-refractivity contribution < 1.29 is 5.11 Å². The molecule has 1 rings (SSSR count). The highest BCUT2D eigenvalue weighted by Crippen LogP contribution is 1.95. The van der Waals surface area contributed by atoms with Crippen molar-refractivity contribution in [3.05, 3.63) is 22.6 Å². The molecule has 0 spiro atoms. The first-order chi connectivity index (χ1) is 5.77. The molecule has 1 aromatic heterocycles. The van der Waals surface area contributed by atoms with E-state index in [1.54, 1.807) is 7.05 Å². The van der Waals surface area contributed by atoms with Gasteiger partial charge in [-0.05, 0) is 0 Å². The van der Waals surface area contributed by atoms with Crippen LogP contribution in [0.5, 0.6) is 0 Å². The Balaban J connectivity index is 2.96. The van der Waals surface area contributed by atoms with Crippen molar-refractivity contribution in [3.63, 3.8) is 0 Å². The number of rotatable bonds is 3. The number of nitrogens with one attached hydrogen (secondary N) is 1. The van der Waals surface area contributed by atoms with Gasteiger partial charge in [0, 0.05) is 13.1 Å². The summed E-state index contributed by atoms with van der Waals surface area (Å²) in [5.41, 5.74) is 0.463. The number of aliphatic hydroxyl groups is 1. The first kappa shape index (κ1) is 8.73. The van der Waals surface area contributed by atoms with E-state index in [1.165, 1.54) is 16.9 Å². The highest BCUT2D eigenvalue weighted by atomic mass is 16.3. The van der Waals surface area contributed by atoms with Crippen LogP contribution in [0.3, 0.4) is 0 Å². The van der Waals surface area contributed by atoms with Gasteiger partial charge in [0.25, 0.3) is 5.56 Å². The van der Waals surface area contributed by atoms with Crippen LogP contribution in [0.2, 0.25) is 0 Å². The third-order valence-corrected chi connectivity index (χ3v) is 1.47. The van der Waals surface area contributed by atoms with Crippen molar-refractivity contribution in [1.29, 1.82) is 0 Å². The second kappa shape index (κ2) is 3.87. The van der Waals surface area contributed by atoms with Crippen molar-refractivity contribution in [3.8, 4) is 0 Å². The van der Waals surface area contributed by atoms with E-state index in [-0.39, 0.29) is 18.7 Å². The molecule has 12 heavy (non-hydrogen) atoms. The van der Waals surface area contributed by atoms with E-state index >= 15 is 0 Å². The maximum atomic E-state index is 11.1. The van der Waals surface area contributed by atoms with Gasteiger partial charge in [0.1, 0.15) is 0 Å². The lowest BCUT2D eigenvalue weighted by Gasteiger charge is -2.02. The molecular formula is C7H11N3O2. The summed E-state index contributed by atoms with van der Waals surface area (Å²) in [5.74, 6) is 0. The predicted molar refractivity (Wildman–Crippen MR) is 45.1 cm³/mol. The number of aliphatic hydroxyl groups excluding tert-OH is 1. The van der Waals surface area contributed by atoms with Crippen LogP contribution < -0.4 is 10.9 Å². The largest absolute Gasteiger partial charge is 0.394 e. The minimum Gasteiger partial charge on any atom is -0.394 e. The summed E-state index contributed by atoms with van der Waals surface area (Å²) in [6.45, 7) is 0.161. The SMILES string of the molecule is CNc1cnn(CCO)c(=O)c1. The molecule has 2 N–H and O–H groups in total. The molecule has 5 heteroatoms. The summed E-state index contributed by atoms with van der Waals surface area (Å²) in [7, 11) is 1.72. The maximum absolute atomic E-state index is 11.1.